The Kier molecular flexibility index (Phi) is 5.63. The zero-order chi connectivity index (χ0) is 16.9. The second-order valence-electron chi connectivity index (χ2n) is 5.78. The summed E-state index contributed by atoms with van der Waals surface area (Å²) in [4.78, 5) is 15.8. The number of anilines is 1. The van der Waals surface area contributed by atoms with Crippen molar-refractivity contribution in [1.29, 1.82) is 0 Å². The normalized spacial score (nSPS) is 15.2. The van der Waals surface area contributed by atoms with Crippen LogP contribution >= 0.6 is 23.3 Å². The lowest BCUT2D eigenvalue weighted by molar-refractivity contribution is 0.0696. The third-order valence-corrected chi connectivity index (χ3v) is 6.07. The van der Waals surface area contributed by atoms with Gasteiger partial charge in [-0.3, -0.25) is 0 Å². The third-order valence-electron chi connectivity index (χ3n) is 4.17. The molecule has 128 valence electrons. The number of benzene rings is 1. The van der Waals surface area contributed by atoms with Crippen LogP contribution in [0.1, 0.15) is 53.4 Å². The van der Waals surface area contributed by atoms with E-state index in [1.165, 1.54) is 62.2 Å². The van der Waals surface area contributed by atoms with Gasteiger partial charge in [0.25, 0.3) is 0 Å². The van der Waals surface area contributed by atoms with Gasteiger partial charge in [-0.05, 0) is 31.0 Å². The van der Waals surface area contributed by atoms with Gasteiger partial charge in [0.15, 0.2) is 0 Å². The van der Waals surface area contributed by atoms with E-state index >= 15 is 0 Å². The van der Waals surface area contributed by atoms with Crippen molar-refractivity contribution in [3.05, 3.63) is 34.2 Å². The quantitative estimate of drug-likeness (QED) is 0.702. The number of methoxy groups -OCH3 is 1. The lowest BCUT2D eigenvalue weighted by atomic mass is 9.90. The van der Waals surface area contributed by atoms with Crippen LogP contribution in [-0.2, 0) is 0 Å². The molecule has 5 nitrogen and oxygen atoms in total. The molecule has 0 bridgehead atoms. The van der Waals surface area contributed by atoms with Crippen LogP contribution in [0.3, 0.4) is 0 Å². The number of thiazole rings is 1. The highest BCUT2D eigenvalue weighted by Gasteiger charge is 2.19. The Hall–Kier alpha value is -1.73. The number of carboxylic acids is 1. The molecule has 1 heterocycles. The minimum atomic E-state index is -0.968. The van der Waals surface area contributed by atoms with Gasteiger partial charge < -0.3 is 14.6 Å². The molecule has 0 radical (unpaired) electrons. The van der Waals surface area contributed by atoms with Crippen LogP contribution < -0.4 is 9.46 Å². The second-order valence-corrected chi connectivity index (χ2v) is 7.50. The van der Waals surface area contributed by atoms with Crippen molar-refractivity contribution in [2.24, 2.45) is 0 Å². The molecular weight excluding hydrogens is 344 g/mol. The number of nitrogens with zero attached hydrogens (tertiary/aromatic N) is 1. The maximum atomic E-state index is 11.0. The molecule has 0 atom stereocenters. The summed E-state index contributed by atoms with van der Waals surface area (Å²) in [6, 6.07) is 4.78. The number of nitrogens with one attached hydrogen (secondary N) is 1. The fraction of sp³-hybridized carbons (Fsp3) is 0.412. The summed E-state index contributed by atoms with van der Waals surface area (Å²) in [7, 11) is 1.53. The first kappa shape index (κ1) is 17.1. The number of hydrogen-bond acceptors (Lipinski definition) is 6. The zero-order valence-electron chi connectivity index (χ0n) is 13.4. The molecule has 1 saturated carbocycles. The second kappa shape index (κ2) is 7.90. The lowest BCUT2D eigenvalue weighted by Gasteiger charge is -2.18. The van der Waals surface area contributed by atoms with Crippen molar-refractivity contribution in [2.45, 2.75) is 43.0 Å². The highest BCUT2D eigenvalue weighted by Crippen LogP contribution is 2.36. The number of hydrogen-bond donors (Lipinski definition) is 2. The van der Waals surface area contributed by atoms with Gasteiger partial charge >= 0.3 is 5.97 Å². The Bertz CT molecular complexity index is 712. The van der Waals surface area contributed by atoms with Crippen LogP contribution in [0.4, 0.5) is 5.69 Å². The van der Waals surface area contributed by atoms with Crippen molar-refractivity contribution >= 4 is 34.9 Å². The summed E-state index contributed by atoms with van der Waals surface area (Å²) in [5.41, 5.74) is 0.940. The van der Waals surface area contributed by atoms with Crippen molar-refractivity contribution in [2.75, 3.05) is 11.8 Å². The molecule has 0 aliphatic heterocycles. The molecule has 1 aromatic heterocycles. The van der Waals surface area contributed by atoms with Crippen LogP contribution in [0.5, 0.6) is 5.75 Å². The van der Waals surface area contributed by atoms with Crippen molar-refractivity contribution in [3.63, 3.8) is 0 Å². The molecule has 1 aromatic carbocycles. The molecule has 3 rings (SSSR count). The van der Waals surface area contributed by atoms with Gasteiger partial charge in [0.1, 0.15) is 10.8 Å². The Morgan fingerprint density at radius 2 is 2.17 bits per heavy atom. The number of aromatic nitrogens is 1. The molecule has 1 aliphatic carbocycles. The molecule has 0 unspecified atom stereocenters. The topological polar surface area (TPSA) is 71.5 Å². The Morgan fingerprint density at radius 3 is 2.88 bits per heavy atom. The van der Waals surface area contributed by atoms with E-state index < -0.39 is 5.97 Å². The number of rotatable bonds is 6. The monoisotopic (exact) mass is 364 g/mol. The standard InChI is InChI=1S/C17H20N2O3S2/c1-22-14-9-12(17(20)21)7-8-13(14)19-24-15-10-23-16(18-15)11-5-3-2-4-6-11/h7-11,19H,2-6H2,1H3,(H,20,21). The molecule has 1 aliphatic rings. The summed E-state index contributed by atoms with van der Waals surface area (Å²) < 4.78 is 8.47. The van der Waals surface area contributed by atoms with Crippen LogP contribution in [0.2, 0.25) is 0 Å². The summed E-state index contributed by atoms with van der Waals surface area (Å²) in [6.07, 6.45) is 6.44. The number of carbonyl (C=O) groups is 1. The molecular formula is C17H20N2O3S2. The van der Waals surface area contributed by atoms with Gasteiger partial charge in [-0.25, -0.2) is 9.78 Å². The lowest BCUT2D eigenvalue weighted by Crippen LogP contribution is -2.03. The minimum Gasteiger partial charge on any atom is -0.495 e. The predicted octanol–water partition coefficient (Wildman–Crippen LogP) is 5.02. The average Bonchev–Trinajstić information content (AvgIpc) is 3.09. The Labute approximate surface area is 149 Å². The summed E-state index contributed by atoms with van der Waals surface area (Å²) >= 11 is 3.15. The van der Waals surface area contributed by atoms with Gasteiger partial charge in [-0.2, -0.15) is 0 Å². The first-order valence-electron chi connectivity index (χ1n) is 7.97. The average molecular weight is 364 g/mol. The fourth-order valence-corrected chi connectivity index (χ4v) is 4.65. The number of carboxylic acid groups (broad SMARTS) is 1. The molecule has 7 heteroatoms. The maximum Gasteiger partial charge on any atom is 0.335 e. The predicted molar refractivity (Wildman–Crippen MR) is 97.4 cm³/mol. The molecule has 0 spiro atoms. The SMILES string of the molecule is COc1cc(C(=O)O)ccc1NSc1csc(C2CCCCC2)n1. The first-order valence-corrected chi connectivity index (χ1v) is 9.66. The van der Waals surface area contributed by atoms with Gasteiger partial charge in [0.2, 0.25) is 0 Å². The van der Waals surface area contributed by atoms with E-state index in [1.54, 1.807) is 23.5 Å². The van der Waals surface area contributed by atoms with Crippen LogP contribution in [0.25, 0.3) is 0 Å². The van der Waals surface area contributed by atoms with Crippen LogP contribution in [0.15, 0.2) is 28.6 Å². The third kappa shape index (κ3) is 4.02. The highest BCUT2D eigenvalue weighted by atomic mass is 32.2. The van der Waals surface area contributed by atoms with E-state index in [0.29, 0.717) is 11.7 Å². The van der Waals surface area contributed by atoms with E-state index in [4.69, 9.17) is 14.8 Å². The van der Waals surface area contributed by atoms with Crippen molar-refractivity contribution in [1.82, 2.24) is 4.98 Å². The van der Waals surface area contributed by atoms with E-state index in [1.807, 2.05) is 0 Å². The van der Waals surface area contributed by atoms with E-state index in [2.05, 4.69) is 10.1 Å². The molecule has 1 fully saturated rings. The number of ether oxygens (including phenoxy) is 1. The largest absolute Gasteiger partial charge is 0.495 e. The van der Waals surface area contributed by atoms with Gasteiger partial charge in [-0.1, -0.05) is 19.3 Å². The zero-order valence-corrected chi connectivity index (χ0v) is 15.1. The van der Waals surface area contributed by atoms with Gasteiger partial charge in [-0.15, -0.1) is 11.3 Å². The first-order chi connectivity index (χ1) is 11.7. The van der Waals surface area contributed by atoms with E-state index in [9.17, 15) is 4.79 Å². The van der Waals surface area contributed by atoms with Crippen molar-refractivity contribution < 1.29 is 14.6 Å². The maximum absolute atomic E-state index is 11.0. The summed E-state index contributed by atoms with van der Waals surface area (Å²) in [5, 5.41) is 13.3. The van der Waals surface area contributed by atoms with Gasteiger partial charge in [0, 0.05) is 23.2 Å². The van der Waals surface area contributed by atoms with E-state index in [-0.39, 0.29) is 5.56 Å². The van der Waals surface area contributed by atoms with E-state index in [0.717, 1.165) is 10.7 Å². The Morgan fingerprint density at radius 1 is 1.38 bits per heavy atom. The molecule has 0 saturated heterocycles. The summed E-state index contributed by atoms with van der Waals surface area (Å²) in [6.45, 7) is 0. The van der Waals surface area contributed by atoms with Crippen LogP contribution in [0, 0.1) is 0 Å². The van der Waals surface area contributed by atoms with Crippen LogP contribution in [-0.4, -0.2) is 23.2 Å². The van der Waals surface area contributed by atoms with Crippen molar-refractivity contribution in [3.8, 4) is 5.75 Å². The molecule has 2 aromatic rings. The molecule has 0 amide bonds. The smallest absolute Gasteiger partial charge is 0.335 e. The molecule has 24 heavy (non-hydrogen) atoms. The van der Waals surface area contributed by atoms with Gasteiger partial charge in [0.05, 0.1) is 23.4 Å². The molecule has 2 N–H and O–H groups in total. The highest BCUT2D eigenvalue weighted by molar-refractivity contribution is 8.00. The Balaban J connectivity index is 1.65. The number of aromatic carboxylic acids is 1. The fourth-order valence-electron chi connectivity index (χ4n) is 2.87. The minimum absolute atomic E-state index is 0.204. The summed E-state index contributed by atoms with van der Waals surface area (Å²) in [5.74, 6) is 0.150.